The van der Waals surface area contributed by atoms with Gasteiger partial charge in [-0.05, 0) is 43.2 Å². The Morgan fingerprint density at radius 2 is 1.94 bits per heavy atom. The lowest BCUT2D eigenvalue weighted by atomic mass is 9.95. The van der Waals surface area contributed by atoms with Gasteiger partial charge in [-0.25, -0.2) is 9.98 Å². The van der Waals surface area contributed by atoms with Crippen molar-refractivity contribution in [1.29, 1.82) is 0 Å². The van der Waals surface area contributed by atoms with Gasteiger partial charge in [-0.2, -0.15) is 4.98 Å². The molecule has 1 unspecified atom stereocenters. The van der Waals surface area contributed by atoms with Gasteiger partial charge >= 0.3 is 6.01 Å². The van der Waals surface area contributed by atoms with Crippen molar-refractivity contribution in [2.75, 3.05) is 10.6 Å². The molecular formula is C26H23ClN6O2. The molecule has 3 N–H and O–H groups in total. The Labute approximate surface area is 207 Å². The summed E-state index contributed by atoms with van der Waals surface area (Å²) in [5.74, 6) is 0.518. The van der Waals surface area contributed by atoms with Gasteiger partial charge in [0.15, 0.2) is 5.58 Å². The van der Waals surface area contributed by atoms with Gasteiger partial charge in [0.1, 0.15) is 17.4 Å². The third-order valence-corrected chi connectivity index (χ3v) is 6.04. The van der Waals surface area contributed by atoms with Crippen molar-refractivity contribution in [1.82, 2.24) is 15.3 Å². The van der Waals surface area contributed by atoms with Crippen molar-refractivity contribution in [3.63, 3.8) is 0 Å². The number of aromatic nitrogens is 2. The highest BCUT2D eigenvalue weighted by molar-refractivity contribution is 6.31. The van der Waals surface area contributed by atoms with Gasteiger partial charge in [0, 0.05) is 22.5 Å². The molecule has 2 aromatic carbocycles. The van der Waals surface area contributed by atoms with Crippen LogP contribution in [0.15, 0.2) is 87.5 Å². The first-order valence-corrected chi connectivity index (χ1v) is 11.6. The highest BCUT2D eigenvalue weighted by Crippen LogP contribution is 2.35. The molecule has 9 heteroatoms. The van der Waals surface area contributed by atoms with E-state index in [-0.39, 0.29) is 5.91 Å². The van der Waals surface area contributed by atoms with Gasteiger partial charge in [-0.1, -0.05) is 54.9 Å². The van der Waals surface area contributed by atoms with Crippen LogP contribution >= 0.6 is 11.6 Å². The Morgan fingerprint density at radius 1 is 1.11 bits per heavy atom. The van der Waals surface area contributed by atoms with E-state index in [1.165, 1.54) is 0 Å². The predicted molar refractivity (Wildman–Crippen MR) is 137 cm³/mol. The average Bonchev–Trinajstić information content (AvgIpc) is 3.27. The maximum Gasteiger partial charge on any atom is 0.302 e. The monoisotopic (exact) mass is 486 g/mol. The molecule has 3 heterocycles. The van der Waals surface area contributed by atoms with Crippen LogP contribution < -0.4 is 16.0 Å². The number of benzene rings is 2. The summed E-state index contributed by atoms with van der Waals surface area (Å²) in [6.07, 6.45) is 2.45. The van der Waals surface area contributed by atoms with Gasteiger partial charge in [0.05, 0.1) is 5.57 Å². The molecule has 2 aromatic heterocycles. The summed E-state index contributed by atoms with van der Waals surface area (Å²) < 4.78 is 5.97. The Balaban J connectivity index is 1.50. The van der Waals surface area contributed by atoms with Gasteiger partial charge in [-0.3, -0.25) is 10.1 Å². The number of nitrogens with one attached hydrogen (secondary N) is 3. The van der Waals surface area contributed by atoms with E-state index in [9.17, 15) is 4.79 Å². The molecule has 1 aliphatic rings. The zero-order chi connectivity index (χ0) is 24.4. The molecule has 0 fully saturated rings. The molecule has 0 aliphatic carbocycles. The number of oxazole rings is 1. The van der Waals surface area contributed by atoms with Crippen LogP contribution in [0.25, 0.3) is 11.1 Å². The molecule has 1 aliphatic heterocycles. The summed E-state index contributed by atoms with van der Waals surface area (Å²) in [5.41, 5.74) is 4.31. The number of anilines is 2. The molecule has 8 nitrogen and oxygen atoms in total. The van der Waals surface area contributed by atoms with Crippen molar-refractivity contribution in [3.8, 4) is 0 Å². The fourth-order valence-corrected chi connectivity index (χ4v) is 4.25. The van der Waals surface area contributed by atoms with Crippen LogP contribution in [0.5, 0.6) is 0 Å². The zero-order valence-corrected chi connectivity index (χ0v) is 19.9. The molecule has 176 valence electrons. The molecule has 0 bridgehead atoms. The summed E-state index contributed by atoms with van der Waals surface area (Å²) >= 11 is 6.52. The number of hydrogen-bond donors (Lipinski definition) is 3. The maximum absolute atomic E-state index is 13.3. The molecule has 0 spiro atoms. The van der Waals surface area contributed by atoms with E-state index in [4.69, 9.17) is 21.0 Å². The fourth-order valence-electron chi connectivity index (χ4n) is 4.02. The van der Waals surface area contributed by atoms with E-state index in [0.717, 1.165) is 23.1 Å². The number of para-hydroxylation sites is 1. The number of amides is 1. The molecule has 35 heavy (non-hydrogen) atoms. The van der Waals surface area contributed by atoms with Crippen LogP contribution in [0.3, 0.4) is 0 Å². The Hall–Kier alpha value is -4.17. The molecule has 1 atom stereocenters. The van der Waals surface area contributed by atoms with Crippen molar-refractivity contribution >= 4 is 46.4 Å². The number of aliphatic imine (C=N–C) groups is 1. The first kappa shape index (κ1) is 22.6. The largest absolute Gasteiger partial charge is 0.423 e. The smallest absolute Gasteiger partial charge is 0.302 e. The second-order valence-electron chi connectivity index (χ2n) is 8.00. The molecule has 0 saturated heterocycles. The Bertz CT molecular complexity index is 1460. The number of nitrogens with zero attached hydrogens (tertiary/aromatic N) is 3. The van der Waals surface area contributed by atoms with Crippen LogP contribution in [-0.4, -0.2) is 21.8 Å². The van der Waals surface area contributed by atoms with Crippen LogP contribution in [0, 0.1) is 0 Å². The normalized spacial score (nSPS) is 15.5. The van der Waals surface area contributed by atoms with Gasteiger partial charge < -0.3 is 15.1 Å². The first-order chi connectivity index (χ1) is 17.0. The van der Waals surface area contributed by atoms with Gasteiger partial charge in [0.25, 0.3) is 5.91 Å². The second kappa shape index (κ2) is 9.60. The zero-order valence-electron chi connectivity index (χ0n) is 19.2. The van der Waals surface area contributed by atoms with Crippen molar-refractivity contribution < 1.29 is 9.21 Å². The number of carbonyl (C=O) groups excluding carboxylic acids is 1. The van der Waals surface area contributed by atoms with Crippen molar-refractivity contribution in [3.05, 3.63) is 94.3 Å². The third-order valence-electron chi connectivity index (χ3n) is 5.70. The number of hydrogen-bond acceptors (Lipinski definition) is 7. The molecule has 5 rings (SSSR count). The van der Waals surface area contributed by atoms with Crippen LogP contribution in [0.4, 0.5) is 11.8 Å². The summed E-state index contributed by atoms with van der Waals surface area (Å²) in [7, 11) is 0. The van der Waals surface area contributed by atoms with Crippen molar-refractivity contribution in [2.24, 2.45) is 4.99 Å². The lowest BCUT2D eigenvalue weighted by Gasteiger charge is -2.26. The predicted octanol–water partition coefficient (Wildman–Crippen LogP) is 5.46. The molecule has 4 aromatic rings. The quantitative estimate of drug-likeness (QED) is 0.346. The topological polar surface area (TPSA) is 104 Å². The minimum atomic E-state index is -0.660. The van der Waals surface area contributed by atoms with E-state index >= 15 is 0 Å². The number of pyridine rings is 1. The Kier molecular flexibility index (Phi) is 6.20. The number of fused-ring (bicyclic) bond motifs is 1. The fraction of sp³-hybridized carbons (Fsp3) is 0.154. The number of halogens is 1. The van der Waals surface area contributed by atoms with E-state index in [0.29, 0.717) is 39.6 Å². The summed E-state index contributed by atoms with van der Waals surface area (Å²) in [4.78, 5) is 26.8. The van der Waals surface area contributed by atoms with Crippen LogP contribution in [0.1, 0.15) is 31.0 Å². The van der Waals surface area contributed by atoms with E-state index in [2.05, 4.69) is 32.8 Å². The van der Waals surface area contributed by atoms with Crippen LogP contribution in [-0.2, 0) is 11.2 Å². The molecular weight excluding hydrogens is 464 g/mol. The molecule has 1 amide bonds. The third kappa shape index (κ3) is 4.61. The van der Waals surface area contributed by atoms with Crippen molar-refractivity contribution in [2.45, 2.75) is 26.3 Å². The van der Waals surface area contributed by atoms with E-state index < -0.39 is 6.04 Å². The van der Waals surface area contributed by atoms with Gasteiger partial charge in [-0.15, -0.1) is 0 Å². The molecule has 0 saturated carbocycles. The second-order valence-corrected chi connectivity index (χ2v) is 8.40. The lowest BCUT2D eigenvalue weighted by Crippen LogP contribution is -2.37. The SMILES string of the molecule is CCc1cccc2nc(NC3=NC(c4ccccc4Cl)C(C(=O)Nc4ccccn4)=C(C)N3)oc12. The maximum atomic E-state index is 13.3. The van der Waals surface area contributed by atoms with Gasteiger partial charge in [0.2, 0.25) is 5.96 Å². The highest BCUT2D eigenvalue weighted by atomic mass is 35.5. The highest BCUT2D eigenvalue weighted by Gasteiger charge is 2.31. The summed E-state index contributed by atoms with van der Waals surface area (Å²) in [5, 5.41) is 9.64. The summed E-state index contributed by atoms with van der Waals surface area (Å²) in [6, 6.07) is 18.2. The minimum Gasteiger partial charge on any atom is -0.423 e. The number of guanidine groups is 1. The minimum absolute atomic E-state index is 0.305. The summed E-state index contributed by atoms with van der Waals surface area (Å²) in [6.45, 7) is 3.88. The number of aryl methyl sites for hydroxylation is 1. The number of rotatable bonds is 5. The average molecular weight is 487 g/mol. The number of allylic oxidation sites excluding steroid dienone is 1. The number of carbonyl (C=O) groups is 1. The molecule has 0 radical (unpaired) electrons. The Morgan fingerprint density at radius 3 is 2.71 bits per heavy atom. The van der Waals surface area contributed by atoms with E-state index in [1.807, 2.05) is 43.3 Å². The lowest BCUT2D eigenvalue weighted by molar-refractivity contribution is -0.113. The van der Waals surface area contributed by atoms with Crippen LogP contribution in [0.2, 0.25) is 5.02 Å². The first-order valence-electron chi connectivity index (χ1n) is 11.2. The van der Waals surface area contributed by atoms with E-state index in [1.54, 1.807) is 30.5 Å². The standard InChI is InChI=1S/C26H23ClN6O2/c1-3-16-9-8-12-19-23(16)35-26(30-19)33-25-29-15(2)21(24(34)31-20-13-6-7-14-28-20)22(32-25)17-10-4-5-11-18(17)27/h4-14,22H,3H2,1-2H3,(H,28,31,34)(H2,29,30,32,33).